The van der Waals surface area contributed by atoms with E-state index < -0.39 is 0 Å². The van der Waals surface area contributed by atoms with Gasteiger partial charge < -0.3 is 9.30 Å². The summed E-state index contributed by atoms with van der Waals surface area (Å²) in [6.07, 6.45) is 5.30. The Bertz CT molecular complexity index is 897. The molecule has 0 radical (unpaired) electrons. The Kier molecular flexibility index (Phi) is 6.01. The zero-order valence-corrected chi connectivity index (χ0v) is 17.4. The number of aryl methyl sites for hydroxylation is 1. The van der Waals surface area contributed by atoms with Crippen LogP contribution >= 0.6 is 11.8 Å². The second kappa shape index (κ2) is 8.82. The second-order valence-corrected chi connectivity index (χ2v) is 8.32. The summed E-state index contributed by atoms with van der Waals surface area (Å²) in [7, 11) is 0. The first-order valence-electron chi connectivity index (χ1n) is 10.1. The van der Waals surface area contributed by atoms with Crippen molar-refractivity contribution in [3.63, 3.8) is 0 Å². The van der Waals surface area contributed by atoms with Crippen molar-refractivity contribution in [1.29, 1.82) is 0 Å². The Balaban J connectivity index is 1.46. The zero-order chi connectivity index (χ0) is 19.3. The van der Waals surface area contributed by atoms with Gasteiger partial charge in [0.25, 0.3) is 0 Å². The average molecular weight is 394 g/mol. The summed E-state index contributed by atoms with van der Waals surface area (Å²) in [5, 5.41) is 9.88. The molecular weight excluding hydrogens is 366 g/mol. The fourth-order valence-corrected chi connectivity index (χ4v) is 4.57. The number of hydrogen-bond acceptors (Lipinski definition) is 4. The van der Waals surface area contributed by atoms with Crippen LogP contribution in [-0.2, 0) is 12.3 Å². The van der Waals surface area contributed by atoms with Crippen LogP contribution in [0, 0.1) is 6.92 Å². The lowest BCUT2D eigenvalue weighted by Gasteiger charge is -2.13. The van der Waals surface area contributed by atoms with Crippen molar-refractivity contribution in [1.82, 2.24) is 14.8 Å². The molecule has 146 valence electrons. The Morgan fingerprint density at radius 1 is 1.00 bits per heavy atom. The van der Waals surface area contributed by atoms with Gasteiger partial charge in [-0.05, 0) is 69.4 Å². The number of rotatable bonds is 7. The molecule has 0 aliphatic heterocycles. The molecule has 3 aromatic rings. The van der Waals surface area contributed by atoms with E-state index in [9.17, 15) is 0 Å². The summed E-state index contributed by atoms with van der Waals surface area (Å²) in [4.78, 5) is 0. The van der Waals surface area contributed by atoms with Crippen LogP contribution in [0.2, 0.25) is 0 Å². The van der Waals surface area contributed by atoms with Crippen molar-refractivity contribution in [3.8, 4) is 17.1 Å². The molecule has 1 heterocycles. The lowest BCUT2D eigenvalue weighted by Crippen LogP contribution is -2.10. The van der Waals surface area contributed by atoms with Gasteiger partial charge in [0.1, 0.15) is 5.75 Å². The molecule has 0 unspecified atom stereocenters. The van der Waals surface area contributed by atoms with Gasteiger partial charge in [-0.1, -0.05) is 41.6 Å². The lowest BCUT2D eigenvalue weighted by atomic mass is 10.2. The van der Waals surface area contributed by atoms with E-state index in [1.54, 1.807) is 11.8 Å². The van der Waals surface area contributed by atoms with E-state index >= 15 is 0 Å². The third-order valence-corrected chi connectivity index (χ3v) is 6.28. The second-order valence-electron chi connectivity index (χ2n) is 7.37. The first kappa shape index (κ1) is 19.1. The minimum Gasteiger partial charge on any atom is -0.490 e. The van der Waals surface area contributed by atoms with Crippen molar-refractivity contribution in [2.75, 3.05) is 0 Å². The van der Waals surface area contributed by atoms with Gasteiger partial charge in [0.2, 0.25) is 0 Å². The van der Waals surface area contributed by atoms with Gasteiger partial charge in [0.05, 0.1) is 6.10 Å². The van der Waals surface area contributed by atoms with E-state index in [1.165, 1.54) is 36.8 Å². The predicted molar refractivity (Wildman–Crippen MR) is 115 cm³/mol. The van der Waals surface area contributed by atoms with Gasteiger partial charge in [0, 0.05) is 17.9 Å². The molecule has 2 aromatic carbocycles. The Morgan fingerprint density at radius 2 is 1.71 bits per heavy atom. The lowest BCUT2D eigenvalue weighted by molar-refractivity contribution is 0.210. The van der Waals surface area contributed by atoms with E-state index in [0.717, 1.165) is 34.6 Å². The highest BCUT2D eigenvalue weighted by Gasteiger charge is 2.17. The quantitative estimate of drug-likeness (QED) is 0.469. The molecule has 1 aliphatic carbocycles. The minimum atomic E-state index is 0.384. The van der Waals surface area contributed by atoms with Crippen LogP contribution < -0.4 is 4.74 Å². The van der Waals surface area contributed by atoms with Gasteiger partial charge in [-0.25, -0.2) is 0 Å². The van der Waals surface area contributed by atoms with E-state index in [2.05, 4.69) is 77.1 Å². The molecule has 0 atom stereocenters. The number of benzene rings is 2. The maximum atomic E-state index is 6.08. The van der Waals surface area contributed by atoms with Crippen LogP contribution in [0.5, 0.6) is 5.75 Å². The number of hydrogen-bond donors (Lipinski definition) is 0. The van der Waals surface area contributed by atoms with Gasteiger partial charge in [-0.2, -0.15) is 0 Å². The van der Waals surface area contributed by atoms with E-state index in [0.29, 0.717) is 6.10 Å². The molecule has 4 rings (SSSR count). The first-order valence-corrected chi connectivity index (χ1v) is 11.1. The van der Waals surface area contributed by atoms with Crippen molar-refractivity contribution < 1.29 is 4.74 Å². The third kappa shape index (κ3) is 4.41. The van der Waals surface area contributed by atoms with Crippen LogP contribution in [0.4, 0.5) is 0 Å². The Hall–Kier alpha value is -2.27. The highest BCUT2D eigenvalue weighted by Crippen LogP contribution is 2.29. The monoisotopic (exact) mass is 393 g/mol. The SMILES string of the molecule is CCn1c(SCc2ccc(C)cc2)nnc1-c1ccc(OC2CCCC2)cc1. The van der Waals surface area contributed by atoms with Crippen LogP contribution in [0.1, 0.15) is 43.7 Å². The van der Waals surface area contributed by atoms with E-state index in [1.807, 2.05) is 0 Å². The van der Waals surface area contributed by atoms with E-state index in [-0.39, 0.29) is 0 Å². The number of nitrogens with zero attached hydrogens (tertiary/aromatic N) is 3. The molecule has 1 saturated carbocycles. The van der Waals surface area contributed by atoms with E-state index in [4.69, 9.17) is 4.74 Å². The van der Waals surface area contributed by atoms with Crippen LogP contribution in [-0.4, -0.2) is 20.9 Å². The van der Waals surface area contributed by atoms with Crippen molar-refractivity contribution in [2.45, 2.75) is 63.1 Å². The van der Waals surface area contributed by atoms with Crippen molar-refractivity contribution in [3.05, 3.63) is 59.7 Å². The predicted octanol–water partition coefficient (Wildman–Crippen LogP) is 5.89. The Labute approximate surface area is 171 Å². The normalized spacial score (nSPS) is 14.5. The zero-order valence-electron chi connectivity index (χ0n) is 16.6. The highest BCUT2D eigenvalue weighted by atomic mass is 32.2. The maximum absolute atomic E-state index is 6.08. The van der Waals surface area contributed by atoms with Crippen LogP contribution in [0.15, 0.2) is 53.7 Å². The summed E-state index contributed by atoms with van der Waals surface area (Å²) >= 11 is 1.74. The molecule has 1 aromatic heterocycles. The fraction of sp³-hybridized carbons (Fsp3) is 0.391. The largest absolute Gasteiger partial charge is 0.490 e. The van der Waals surface area contributed by atoms with Gasteiger partial charge >= 0.3 is 0 Å². The molecule has 1 aliphatic rings. The number of aromatic nitrogens is 3. The van der Waals surface area contributed by atoms with Gasteiger partial charge in [0.15, 0.2) is 11.0 Å². The highest BCUT2D eigenvalue weighted by molar-refractivity contribution is 7.98. The van der Waals surface area contributed by atoms with Gasteiger partial charge in [-0.15, -0.1) is 10.2 Å². The fourth-order valence-electron chi connectivity index (χ4n) is 3.61. The topological polar surface area (TPSA) is 39.9 Å². The molecular formula is C23H27N3OS. The number of thioether (sulfide) groups is 1. The van der Waals surface area contributed by atoms with Crippen molar-refractivity contribution >= 4 is 11.8 Å². The van der Waals surface area contributed by atoms with Crippen molar-refractivity contribution in [2.24, 2.45) is 0 Å². The summed E-state index contributed by atoms with van der Waals surface area (Å²) in [6, 6.07) is 17.0. The number of ether oxygens (including phenoxy) is 1. The molecule has 1 fully saturated rings. The molecule has 4 nitrogen and oxygen atoms in total. The summed E-state index contributed by atoms with van der Waals surface area (Å²) < 4.78 is 8.26. The average Bonchev–Trinajstić information content (AvgIpc) is 3.37. The molecule has 0 bridgehead atoms. The minimum absolute atomic E-state index is 0.384. The van der Waals surface area contributed by atoms with Crippen LogP contribution in [0.25, 0.3) is 11.4 Å². The molecule has 0 N–H and O–H groups in total. The van der Waals surface area contributed by atoms with Crippen LogP contribution in [0.3, 0.4) is 0 Å². The van der Waals surface area contributed by atoms with Gasteiger partial charge in [-0.3, -0.25) is 0 Å². The smallest absolute Gasteiger partial charge is 0.191 e. The molecule has 0 saturated heterocycles. The standard InChI is InChI=1S/C23H27N3OS/c1-3-26-22(19-12-14-21(15-13-19)27-20-6-4-5-7-20)24-25-23(26)28-16-18-10-8-17(2)9-11-18/h8-15,20H,3-7,16H2,1-2H3. The molecule has 5 heteroatoms. The molecule has 0 amide bonds. The maximum Gasteiger partial charge on any atom is 0.191 e. The third-order valence-electron chi connectivity index (χ3n) is 5.24. The molecule has 28 heavy (non-hydrogen) atoms. The Morgan fingerprint density at radius 3 is 2.39 bits per heavy atom. The summed E-state index contributed by atoms with van der Waals surface area (Å²) in [6.45, 7) is 5.10. The first-order chi connectivity index (χ1) is 13.7. The molecule has 0 spiro atoms. The summed E-state index contributed by atoms with van der Waals surface area (Å²) in [5.74, 6) is 2.76. The summed E-state index contributed by atoms with van der Waals surface area (Å²) in [5.41, 5.74) is 3.67.